The molecule has 0 radical (unpaired) electrons. The topological polar surface area (TPSA) is 85.3 Å². The molecule has 4 aromatic rings. The molecule has 1 saturated carbocycles. The van der Waals surface area contributed by atoms with Crippen molar-refractivity contribution in [3.8, 4) is 17.0 Å². The molecule has 1 aliphatic carbocycles. The first-order valence-corrected chi connectivity index (χ1v) is 12.6. The third kappa shape index (κ3) is 4.32. The molecule has 8 nitrogen and oxygen atoms in total. The molecule has 0 amide bonds. The summed E-state index contributed by atoms with van der Waals surface area (Å²) in [6.45, 7) is 4.20. The van der Waals surface area contributed by atoms with Gasteiger partial charge in [0.25, 0.3) is 0 Å². The van der Waals surface area contributed by atoms with E-state index in [1.807, 2.05) is 35.0 Å². The van der Waals surface area contributed by atoms with Crippen LogP contribution in [0.1, 0.15) is 38.1 Å². The summed E-state index contributed by atoms with van der Waals surface area (Å²) in [5.74, 6) is 0.650. The van der Waals surface area contributed by atoms with Crippen molar-refractivity contribution >= 4 is 21.9 Å². The van der Waals surface area contributed by atoms with Crippen molar-refractivity contribution < 1.29 is 9.47 Å². The predicted molar refractivity (Wildman–Crippen MR) is 136 cm³/mol. The van der Waals surface area contributed by atoms with E-state index in [-0.39, 0.29) is 17.8 Å². The molecule has 1 aromatic carbocycles. The van der Waals surface area contributed by atoms with Crippen LogP contribution in [-0.2, 0) is 4.74 Å². The maximum absolute atomic E-state index is 12.8. The summed E-state index contributed by atoms with van der Waals surface area (Å²) >= 11 is 0. The molecule has 0 unspecified atom stereocenters. The molecule has 0 spiro atoms. The molecule has 1 aliphatic heterocycles. The van der Waals surface area contributed by atoms with Crippen LogP contribution in [0.25, 0.3) is 33.1 Å². The second-order valence-electron chi connectivity index (χ2n) is 9.67. The zero-order valence-electron chi connectivity index (χ0n) is 20.1. The highest BCUT2D eigenvalue weighted by molar-refractivity contribution is 6.03. The number of aromatic nitrogens is 4. The van der Waals surface area contributed by atoms with Gasteiger partial charge >= 0.3 is 5.69 Å². The number of nitrogens with one attached hydrogen (secondary N) is 1. The average molecular weight is 474 g/mol. The number of hydrogen-bond donors (Lipinski definition) is 1. The highest BCUT2D eigenvalue weighted by Gasteiger charge is 2.33. The highest BCUT2D eigenvalue weighted by atomic mass is 16.5. The number of likely N-dealkylation sites (tertiary alicyclic amines) is 1. The molecule has 0 atom stereocenters. The van der Waals surface area contributed by atoms with E-state index in [1.54, 1.807) is 13.3 Å². The van der Waals surface area contributed by atoms with Crippen molar-refractivity contribution in [3.63, 3.8) is 0 Å². The Morgan fingerprint density at radius 3 is 2.66 bits per heavy atom. The van der Waals surface area contributed by atoms with Gasteiger partial charge in [-0.2, -0.15) is 0 Å². The number of nitrogens with zero attached hydrogens (tertiary/aromatic N) is 4. The quantitative estimate of drug-likeness (QED) is 0.387. The van der Waals surface area contributed by atoms with Gasteiger partial charge in [-0.3, -0.25) is 9.55 Å². The average Bonchev–Trinajstić information content (AvgIpc) is 3.49. The van der Waals surface area contributed by atoms with Crippen molar-refractivity contribution in [2.24, 2.45) is 0 Å². The number of imidazole rings is 1. The number of H-pyrrole nitrogens is 1. The molecule has 2 aliphatic rings. The van der Waals surface area contributed by atoms with E-state index < -0.39 is 0 Å². The van der Waals surface area contributed by atoms with E-state index in [0.717, 1.165) is 58.9 Å². The molecule has 1 N–H and O–H groups in total. The molecule has 2 fully saturated rings. The largest absolute Gasteiger partial charge is 0.478 e. The lowest BCUT2D eigenvalue weighted by Crippen LogP contribution is -2.36. The zero-order chi connectivity index (χ0) is 23.8. The van der Waals surface area contributed by atoms with Crippen LogP contribution >= 0.6 is 0 Å². The summed E-state index contributed by atoms with van der Waals surface area (Å²) < 4.78 is 13.2. The summed E-state index contributed by atoms with van der Waals surface area (Å²) in [7, 11) is 1.73. The lowest BCUT2D eigenvalue weighted by molar-refractivity contribution is 0.00653. The van der Waals surface area contributed by atoms with Crippen molar-refractivity contribution in [3.05, 3.63) is 53.2 Å². The van der Waals surface area contributed by atoms with Crippen LogP contribution in [0.15, 0.2) is 47.5 Å². The monoisotopic (exact) mass is 473 g/mol. The summed E-state index contributed by atoms with van der Waals surface area (Å²) in [6.07, 6.45) is 9.15. The Kier molecular flexibility index (Phi) is 6.00. The summed E-state index contributed by atoms with van der Waals surface area (Å²) in [4.78, 5) is 27.4. The lowest BCUT2D eigenvalue weighted by atomic mass is 9.89. The molecule has 3 aromatic heterocycles. The number of aromatic amines is 1. The SMILES string of the molecule is COC1CC(n2c(=O)[nH]c3cnc4ccc(-c5ccc(OCCCN6CCCC6)nc5)cc4c32)C1. The predicted octanol–water partition coefficient (Wildman–Crippen LogP) is 4.15. The van der Waals surface area contributed by atoms with Crippen LogP contribution < -0.4 is 10.4 Å². The Balaban J connectivity index is 1.23. The molecular weight excluding hydrogens is 442 g/mol. The van der Waals surface area contributed by atoms with Crippen molar-refractivity contribution in [2.45, 2.75) is 44.2 Å². The van der Waals surface area contributed by atoms with E-state index in [2.05, 4.69) is 25.9 Å². The molecule has 35 heavy (non-hydrogen) atoms. The van der Waals surface area contributed by atoms with E-state index >= 15 is 0 Å². The van der Waals surface area contributed by atoms with Gasteiger partial charge in [-0.1, -0.05) is 6.07 Å². The van der Waals surface area contributed by atoms with Crippen LogP contribution in [0.3, 0.4) is 0 Å². The minimum absolute atomic E-state index is 0.0906. The third-order valence-electron chi connectivity index (χ3n) is 7.45. The second kappa shape index (κ2) is 9.43. The smallest absolute Gasteiger partial charge is 0.326 e. The normalized spacial score (nSPS) is 20.5. The lowest BCUT2D eigenvalue weighted by Gasteiger charge is -2.34. The van der Waals surface area contributed by atoms with Gasteiger partial charge in [-0.05, 0) is 69.0 Å². The van der Waals surface area contributed by atoms with Gasteiger partial charge in [0, 0.05) is 42.9 Å². The number of methoxy groups -OCH3 is 1. The molecule has 1 saturated heterocycles. The van der Waals surface area contributed by atoms with Gasteiger partial charge in [-0.15, -0.1) is 0 Å². The highest BCUT2D eigenvalue weighted by Crippen LogP contribution is 2.37. The molecule has 4 heterocycles. The number of fused-ring (bicyclic) bond motifs is 3. The van der Waals surface area contributed by atoms with Gasteiger partial charge in [0.05, 0.1) is 35.5 Å². The minimum Gasteiger partial charge on any atom is -0.478 e. The number of rotatable bonds is 8. The van der Waals surface area contributed by atoms with E-state index in [9.17, 15) is 4.79 Å². The Labute approximate surface area is 203 Å². The molecule has 8 heteroatoms. The first-order valence-electron chi connectivity index (χ1n) is 12.6. The fraction of sp³-hybridized carbons (Fsp3) is 0.444. The van der Waals surface area contributed by atoms with Gasteiger partial charge in [0.2, 0.25) is 5.88 Å². The summed E-state index contributed by atoms with van der Waals surface area (Å²) in [6, 6.07) is 10.3. The number of pyridine rings is 2. The third-order valence-corrected chi connectivity index (χ3v) is 7.45. The zero-order valence-corrected chi connectivity index (χ0v) is 20.1. The number of benzene rings is 1. The van der Waals surface area contributed by atoms with Gasteiger partial charge in [0.15, 0.2) is 0 Å². The van der Waals surface area contributed by atoms with Crippen molar-refractivity contribution in [2.75, 3.05) is 33.4 Å². The Morgan fingerprint density at radius 1 is 1.06 bits per heavy atom. The summed E-state index contributed by atoms with van der Waals surface area (Å²) in [5, 5.41) is 0.960. The van der Waals surface area contributed by atoms with Crippen LogP contribution in [0.2, 0.25) is 0 Å². The Bertz CT molecular complexity index is 1380. The van der Waals surface area contributed by atoms with Crippen LogP contribution in [0, 0.1) is 0 Å². The minimum atomic E-state index is -0.0906. The van der Waals surface area contributed by atoms with Crippen LogP contribution in [-0.4, -0.2) is 63.9 Å². The van der Waals surface area contributed by atoms with Gasteiger partial charge in [0.1, 0.15) is 0 Å². The number of ether oxygens (including phenoxy) is 2. The number of hydrogen-bond acceptors (Lipinski definition) is 6. The van der Waals surface area contributed by atoms with Crippen molar-refractivity contribution in [1.29, 1.82) is 0 Å². The molecule has 182 valence electrons. The molecule has 6 rings (SSSR count). The van der Waals surface area contributed by atoms with E-state index in [4.69, 9.17) is 9.47 Å². The Morgan fingerprint density at radius 2 is 1.89 bits per heavy atom. The fourth-order valence-corrected chi connectivity index (χ4v) is 5.38. The van der Waals surface area contributed by atoms with Crippen LogP contribution in [0.5, 0.6) is 5.88 Å². The second-order valence-corrected chi connectivity index (χ2v) is 9.67. The first kappa shape index (κ1) is 22.2. The first-order chi connectivity index (χ1) is 17.2. The Hall–Kier alpha value is -3.23. The van der Waals surface area contributed by atoms with Crippen molar-refractivity contribution in [1.82, 2.24) is 24.4 Å². The summed E-state index contributed by atoms with van der Waals surface area (Å²) in [5.41, 5.74) is 4.47. The molecular formula is C27H31N5O3. The molecule has 0 bridgehead atoms. The van der Waals surface area contributed by atoms with Gasteiger partial charge in [-0.25, -0.2) is 9.78 Å². The maximum Gasteiger partial charge on any atom is 0.326 e. The van der Waals surface area contributed by atoms with E-state index in [0.29, 0.717) is 12.5 Å². The van der Waals surface area contributed by atoms with E-state index in [1.165, 1.54) is 25.9 Å². The van der Waals surface area contributed by atoms with Crippen LogP contribution in [0.4, 0.5) is 0 Å². The standard InChI is InChI=1S/C27H31N5O3/c1-34-21-14-20(15-21)32-26-22-13-18(5-7-23(22)28-17-24(26)30-27(32)33)19-6-8-25(29-16-19)35-12-4-11-31-9-2-3-10-31/h5-8,13,16-17,20-21H,2-4,9-12,14-15H2,1H3,(H,30,33). The fourth-order valence-electron chi connectivity index (χ4n) is 5.38. The van der Waals surface area contributed by atoms with Gasteiger partial charge < -0.3 is 19.4 Å². The maximum atomic E-state index is 12.8.